The first-order valence-electron chi connectivity index (χ1n) is 9.87. The third kappa shape index (κ3) is 4.37. The first-order chi connectivity index (χ1) is 14.1. The van der Waals surface area contributed by atoms with Crippen LogP contribution < -0.4 is 10.2 Å². The van der Waals surface area contributed by atoms with Crippen molar-refractivity contribution in [3.8, 4) is 0 Å². The van der Waals surface area contributed by atoms with E-state index in [4.69, 9.17) is 0 Å². The second-order valence-corrected chi connectivity index (χ2v) is 7.36. The van der Waals surface area contributed by atoms with E-state index in [1.807, 2.05) is 36.1 Å². The number of carbonyl (C=O) groups excluding carboxylic acids is 1. The number of para-hydroxylation sites is 1. The predicted octanol–water partition coefficient (Wildman–Crippen LogP) is 3.80. The fourth-order valence-electron chi connectivity index (χ4n) is 3.52. The summed E-state index contributed by atoms with van der Waals surface area (Å²) in [5.74, 6) is 0.559. The number of anilines is 3. The molecule has 2 heterocycles. The summed E-state index contributed by atoms with van der Waals surface area (Å²) in [4.78, 5) is 17.0. The Morgan fingerprint density at radius 1 is 0.897 bits per heavy atom. The van der Waals surface area contributed by atoms with Crippen LogP contribution in [-0.2, 0) is 0 Å². The van der Waals surface area contributed by atoms with Crippen LogP contribution in [0.15, 0.2) is 60.7 Å². The zero-order valence-electron chi connectivity index (χ0n) is 16.8. The van der Waals surface area contributed by atoms with Crippen molar-refractivity contribution >= 4 is 23.1 Å². The zero-order valence-corrected chi connectivity index (χ0v) is 16.8. The molecular formula is C23H25N5O. The second-order valence-electron chi connectivity index (χ2n) is 7.36. The fraction of sp³-hybridized carbons (Fsp3) is 0.261. The SMILES string of the molecule is Cc1cccc(N2CCN(C(=O)c3ccc(Nc4ccccc4C)nn3)CC2)c1. The molecular weight excluding hydrogens is 362 g/mol. The van der Waals surface area contributed by atoms with Gasteiger partial charge in [-0.25, -0.2) is 0 Å². The first kappa shape index (κ1) is 18.9. The van der Waals surface area contributed by atoms with Gasteiger partial charge in [0.05, 0.1) is 0 Å². The molecule has 0 spiro atoms. The van der Waals surface area contributed by atoms with Crippen LogP contribution in [0.25, 0.3) is 0 Å². The summed E-state index contributed by atoms with van der Waals surface area (Å²) in [6.45, 7) is 7.12. The average Bonchev–Trinajstić information content (AvgIpc) is 2.75. The third-order valence-electron chi connectivity index (χ3n) is 5.23. The molecule has 1 saturated heterocycles. The van der Waals surface area contributed by atoms with Gasteiger partial charge in [-0.3, -0.25) is 4.79 Å². The maximum Gasteiger partial charge on any atom is 0.274 e. The van der Waals surface area contributed by atoms with E-state index in [2.05, 4.69) is 51.6 Å². The van der Waals surface area contributed by atoms with Crippen LogP contribution in [0.4, 0.5) is 17.2 Å². The van der Waals surface area contributed by atoms with Crippen LogP contribution in [-0.4, -0.2) is 47.2 Å². The molecule has 1 fully saturated rings. The number of carbonyl (C=O) groups is 1. The van der Waals surface area contributed by atoms with E-state index in [9.17, 15) is 4.79 Å². The van der Waals surface area contributed by atoms with Gasteiger partial charge in [0, 0.05) is 37.6 Å². The normalized spacial score (nSPS) is 14.0. The second kappa shape index (κ2) is 8.31. The molecule has 0 atom stereocenters. The molecule has 6 heteroatoms. The summed E-state index contributed by atoms with van der Waals surface area (Å²) in [6, 6.07) is 20.0. The van der Waals surface area contributed by atoms with Gasteiger partial charge in [-0.15, -0.1) is 10.2 Å². The molecule has 6 nitrogen and oxygen atoms in total. The van der Waals surface area contributed by atoms with Crippen LogP contribution >= 0.6 is 0 Å². The van der Waals surface area contributed by atoms with Crippen molar-refractivity contribution in [2.75, 3.05) is 36.4 Å². The van der Waals surface area contributed by atoms with E-state index in [0.29, 0.717) is 24.6 Å². The summed E-state index contributed by atoms with van der Waals surface area (Å²) in [6.07, 6.45) is 0. The number of hydrogen-bond donors (Lipinski definition) is 1. The number of rotatable bonds is 4. The first-order valence-corrected chi connectivity index (χ1v) is 9.87. The number of nitrogens with one attached hydrogen (secondary N) is 1. The van der Waals surface area contributed by atoms with E-state index >= 15 is 0 Å². The number of nitrogens with zero attached hydrogens (tertiary/aromatic N) is 4. The van der Waals surface area contributed by atoms with Gasteiger partial charge in [0.15, 0.2) is 11.5 Å². The smallest absolute Gasteiger partial charge is 0.274 e. The summed E-state index contributed by atoms with van der Waals surface area (Å²) >= 11 is 0. The van der Waals surface area contributed by atoms with E-state index in [-0.39, 0.29) is 5.91 Å². The molecule has 1 amide bonds. The van der Waals surface area contributed by atoms with E-state index < -0.39 is 0 Å². The van der Waals surface area contributed by atoms with Gasteiger partial charge in [-0.1, -0.05) is 30.3 Å². The van der Waals surface area contributed by atoms with Crippen molar-refractivity contribution in [3.05, 3.63) is 77.5 Å². The van der Waals surface area contributed by atoms with Crippen LogP contribution in [0.1, 0.15) is 21.6 Å². The lowest BCUT2D eigenvalue weighted by atomic mass is 10.2. The summed E-state index contributed by atoms with van der Waals surface area (Å²) < 4.78 is 0. The molecule has 2 aromatic carbocycles. The highest BCUT2D eigenvalue weighted by atomic mass is 16.2. The van der Waals surface area contributed by atoms with Gasteiger partial charge in [-0.2, -0.15) is 0 Å². The Kier molecular flexibility index (Phi) is 5.42. The Morgan fingerprint density at radius 3 is 2.38 bits per heavy atom. The molecule has 0 bridgehead atoms. The number of aryl methyl sites for hydroxylation is 2. The Balaban J connectivity index is 1.37. The van der Waals surface area contributed by atoms with E-state index in [1.165, 1.54) is 11.3 Å². The minimum atomic E-state index is -0.0659. The highest BCUT2D eigenvalue weighted by Gasteiger charge is 2.23. The zero-order chi connectivity index (χ0) is 20.2. The monoisotopic (exact) mass is 387 g/mol. The molecule has 0 radical (unpaired) electrons. The lowest BCUT2D eigenvalue weighted by molar-refractivity contribution is 0.0739. The molecule has 148 valence electrons. The quantitative estimate of drug-likeness (QED) is 0.738. The lowest BCUT2D eigenvalue weighted by Gasteiger charge is -2.36. The maximum absolute atomic E-state index is 12.8. The highest BCUT2D eigenvalue weighted by Crippen LogP contribution is 2.20. The van der Waals surface area contributed by atoms with Gasteiger partial charge < -0.3 is 15.1 Å². The minimum Gasteiger partial charge on any atom is -0.368 e. The van der Waals surface area contributed by atoms with Crippen molar-refractivity contribution in [2.45, 2.75) is 13.8 Å². The summed E-state index contributed by atoms with van der Waals surface area (Å²) in [5.41, 5.74) is 4.94. The molecule has 0 unspecified atom stereocenters. The van der Waals surface area contributed by atoms with Crippen LogP contribution in [0.3, 0.4) is 0 Å². The Labute approximate surface area is 171 Å². The average molecular weight is 387 g/mol. The molecule has 1 aliphatic rings. The van der Waals surface area contributed by atoms with Gasteiger partial charge in [-0.05, 0) is 55.3 Å². The van der Waals surface area contributed by atoms with Crippen molar-refractivity contribution in [1.82, 2.24) is 15.1 Å². The molecule has 1 N–H and O–H groups in total. The summed E-state index contributed by atoms with van der Waals surface area (Å²) in [5, 5.41) is 11.6. The Morgan fingerprint density at radius 2 is 1.69 bits per heavy atom. The Bertz CT molecular complexity index is 994. The van der Waals surface area contributed by atoms with Crippen molar-refractivity contribution in [1.29, 1.82) is 0 Å². The molecule has 0 aliphatic carbocycles. The minimum absolute atomic E-state index is 0.0659. The number of aromatic nitrogens is 2. The number of hydrogen-bond acceptors (Lipinski definition) is 5. The fourth-order valence-corrected chi connectivity index (χ4v) is 3.52. The van der Waals surface area contributed by atoms with Crippen molar-refractivity contribution in [2.24, 2.45) is 0 Å². The van der Waals surface area contributed by atoms with Crippen LogP contribution in [0, 0.1) is 13.8 Å². The predicted molar refractivity (Wildman–Crippen MR) is 116 cm³/mol. The number of benzene rings is 2. The van der Waals surface area contributed by atoms with Crippen molar-refractivity contribution < 1.29 is 4.79 Å². The third-order valence-corrected chi connectivity index (χ3v) is 5.23. The number of amides is 1. The largest absolute Gasteiger partial charge is 0.368 e. The lowest BCUT2D eigenvalue weighted by Crippen LogP contribution is -2.49. The topological polar surface area (TPSA) is 61.4 Å². The molecule has 4 rings (SSSR count). The molecule has 0 saturated carbocycles. The highest BCUT2D eigenvalue weighted by molar-refractivity contribution is 5.92. The molecule has 1 aliphatic heterocycles. The van der Waals surface area contributed by atoms with E-state index in [0.717, 1.165) is 24.3 Å². The molecule has 1 aromatic heterocycles. The van der Waals surface area contributed by atoms with Gasteiger partial charge >= 0.3 is 0 Å². The van der Waals surface area contributed by atoms with Gasteiger partial charge in [0.1, 0.15) is 0 Å². The number of piperazine rings is 1. The van der Waals surface area contributed by atoms with Crippen molar-refractivity contribution in [3.63, 3.8) is 0 Å². The van der Waals surface area contributed by atoms with Gasteiger partial charge in [0.2, 0.25) is 0 Å². The Hall–Kier alpha value is -3.41. The van der Waals surface area contributed by atoms with Crippen LogP contribution in [0.2, 0.25) is 0 Å². The van der Waals surface area contributed by atoms with Crippen LogP contribution in [0.5, 0.6) is 0 Å². The summed E-state index contributed by atoms with van der Waals surface area (Å²) in [7, 11) is 0. The molecule has 29 heavy (non-hydrogen) atoms. The maximum atomic E-state index is 12.8. The van der Waals surface area contributed by atoms with Gasteiger partial charge in [0.25, 0.3) is 5.91 Å². The standard InChI is InChI=1S/C23H25N5O/c1-17-6-5-8-19(16-17)27-12-14-28(15-13-27)23(29)21-10-11-22(26-25-21)24-20-9-4-3-7-18(20)2/h3-11,16H,12-15H2,1-2H3,(H,24,26). The molecule has 3 aromatic rings. The van der Waals surface area contributed by atoms with E-state index in [1.54, 1.807) is 12.1 Å².